The van der Waals surface area contributed by atoms with Crippen molar-refractivity contribution < 1.29 is 19.1 Å². The predicted octanol–water partition coefficient (Wildman–Crippen LogP) is 2.65. The van der Waals surface area contributed by atoms with Gasteiger partial charge < -0.3 is 9.47 Å². The minimum Gasteiger partial charge on any atom is -0.465 e. The Morgan fingerprint density at radius 1 is 0.857 bits per heavy atom. The molecule has 0 bridgehead atoms. The highest BCUT2D eigenvalue weighted by molar-refractivity contribution is 5.93. The summed E-state index contributed by atoms with van der Waals surface area (Å²) >= 11 is 0. The maximum absolute atomic E-state index is 12.1. The number of rotatable bonds is 4. The van der Waals surface area contributed by atoms with Crippen molar-refractivity contribution in [1.82, 2.24) is 15.0 Å². The van der Waals surface area contributed by atoms with E-state index in [0.717, 1.165) is 0 Å². The number of carbonyl (C=O) groups excluding carboxylic acids is 2. The van der Waals surface area contributed by atoms with Crippen molar-refractivity contribution in [2.45, 2.75) is 0 Å². The molecule has 0 N–H and O–H groups in total. The lowest BCUT2D eigenvalue weighted by molar-refractivity contribution is 0.0591. The number of nitriles is 1. The predicted molar refractivity (Wildman–Crippen MR) is 98.1 cm³/mol. The molecule has 3 aromatic rings. The van der Waals surface area contributed by atoms with Gasteiger partial charge in [-0.15, -0.1) is 0 Å². The molecule has 138 valence electrons. The third-order valence-electron chi connectivity index (χ3n) is 3.82. The topological polar surface area (TPSA) is 115 Å². The molecule has 3 aromatic heterocycles. The Hall–Kier alpha value is -4.12. The van der Waals surface area contributed by atoms with Crippen LogP contribution < -0.4 is 0 Å². The van der Waals surface area contributed by atoms with Crippen molar-refractivity contribution in [3.63, 3.8) is 0 Å². The lowest BCUT2D eigenvalue weighted by atomic mass is 10.1. The lowest BCUT2D eigenvalue weighted by Gasteiger charge is -2.09. The summed E-state index contributed by atoms with van der Waals surface area (Å²) in [6.07, 6.45) is 1.45. The van der Waals surface area contributed by atoms with Crippen LogP contribution in [0.1, 0.15) is 26.4 Å². The third-order valence-corrected chi connectivity index (χ3v) is 3.82. The van der Waals surface area contributed by atoms with E-state index in [2.05, 4.69) is 15.0 Å². The fraction of sp³-hybridized carbons (Fsp3) is 0.100. The van der Waals surface area contributed by atoms with Gasteiger partial charge in [-0.05, 0) is 36.4 Å². The van der Waals surface area contributed by atoms with Crippen molar-refractivity contribution in [3.05, 3.63) is 65.5 Å². The van der Waals surface area contributed by atoms with Crippen LogP contribution in [0.5, 0.6) is 0 Å². The zero-order valence-corrected chi connectivity index (χ0v) is 15.0. The van der Waals surface area contributed by atoms with Gasteiger partial charge in [-0.1, -0.05) is 6.07 Å². The molecule has 0 atom stereocenters. The van der Waals surface area contributed by atoms with Gasteiger partial charge in [-0.3, -0.25) is 4.98 Å². The molecule has 0 aliphatic heterocycles. The van der Waals surface area contributed by atoms with Crippen LogP contribution in [-0.4, -0.2) is 41.1 Å². The summed E-state index contributed by atoms with van der Waals surface area (Å²) in [6.45, 7) is 0. The molecule has 3 rings (SSSR count). The van der Waals surface area contributed by atoms with Gasteiger partial charge in [-0.25, -0.2) is 19.6 Å². The highest BCUT2D eigenvalue weighted by Gasteiger charge is 2.15. The number of ether oxygens (including phenoxy) is 2. The van der Waals surface area contributed by atoms with E-state index in [1.807, 2.05) is 6.07 Å². The average molecular weight is 374 g/mol. The van der Waals surface area contributed by atoms with E-state index >= 15 is 0 Å². The molecule has 0 spiro atoms. The van der Waals surface area contributed by atoms with Gasteiger partial charge in [-0.2, -0.15) is 5.26 Å². The minimum absolute atomic E-state index is 0.218. The molecule has 0 aliphatic rings. The second-order valence-corrected chi connectivity index (χ2v) is 5.56. The van der Waals surface area contributed by atoms with Gasteiger partial charge in [0.05, 0.1) is 48.1 Å². The highest BCUT2D eigenvalue weighted by Crippen LogP contribution is 2.24. The summed E-state index contributed by atoms with van der Waals surface area (Å²) in [7, 11) is 2.55. The van der Waals surface area contributed by atoms with Crippen LogP contribution in [0, 0.1) is 11.3 Å². The quantitative estimate of drug-likeness (QED) is 0.640. The van der Waals surface area contributed by atoms with Crippen LogP contribution in [0.4, 0.5) is 0 Å². The van der Waals surface area contributed by atoms with E-state index in [1.165, 1.54) is 44.7 Å². The van der Waals surface area contributed by atoms with Crippen LogP contribution >= 0.6 is 0 Å². The molecule has 0 amide bonds. The first kappa shape index (κ1) is 18.7. The van der Waals surface area contributed by atoms with Gasteiger partial charge in [0.2, 0.25) is 0 Å². The van der Waals surface area contributed by atoms with Gasteiger partial charge >= 0.3 is 11.9 Å². The summed E-state index contributed by atoms with van der Waals surface area (Å²) in [5.41, 5.74) is 2.23. The second kappa shape index (κ2) is 8.05. The van der Waals surface area contributed by atoms with Gasteiger partial charge in [0.15, 0.2) is 0 Å². The monoisotopic (exact) mass is 374 g/mol. The summed E-state index contributed by atoms with van der Waals surface area (Å²) in [4.78, 5) is 36.8. The van der Waals surface area contributed by atoms with Crippen LogP contribution in [0.25, 0.3) is 22.8 Å². The first-order chi connectivity index (χ1) is 13.5. The standard InChI is InChI=1S/C20H14N4O4/c1-27-19(25)12-6-7-22-16(8-12)18-10-13(20(26)28-2)9-17(24-18)15-5-3-4-14(11-21)23-15/h3-10H,1-2H3. The molecule has 3 heterocycles. The number of aromatic nitrogens is 3. The fourth-order valence-electron chi connectivity index (χ4n) is 2.48. The number of carbonyl (C=O) groups is 2. The van der Waals surface area contributed by atoms with Crippen LogP contribution in [0.15, 0.2) is 48.7 Å². The highest BCUT2D eigenvalue weighted by atomic mass is 16.5. The molecular formula is C20H14N4O4. The largest absolute Gasteiger partial charge is 0.465 e. The SMILES string of the molecule is COC(=O)c1ccnc(-c2cc(C(=O)OC)cc(-c3cccc(C#N)n3)n2)c1. The third kappa shape index (κ3) is 3.83. The molecule has 8 nitrogen and oxygen atoms in total. The molecular weight excluding hydrogens is 360 g/mol. The van der Waals surface area contributed by atoms with E-state index in [1.54, 1.807) is 18.2 Å². The molecule has 0 fully saturated rings. The van der Waals surface area contributed by atoms with Crippen LogP contribution in [-0.2, 0) is 9.47 Å². The number of hydrogen-bond donors (Lipinski definition) is 0. The summed E-state index contributed by atoms with van der Waals surface area (Å²) in [6, 6.07) is 12.9. The molecule has 0 radical (unpaired) electrons. The summed E-state index contributed by atoms with van der Waals surface area (Å²) < 4.78 is 9.53. The van der Waals surface area contributed by atoms with Crippen LogP contribution in [0.3, 0.4) is 0 Å². The fourth-order valence-corrected chi connectivity index (χ4v) is 2.48. The van der Waals surface area contributed by atoms with E-state index < -0.39 is 11.9 Å². The lowest BCUT2D eigenvalue weighted by Crippen LogP contribution is -2.05. The zero-order valence-electron chi connectivity index (χ0n) is 15.0. The molecule has 8 heteroatoms. The van der Waals surface area contributed by atoms with Gasteiger partial charge in [0.1, 0.15) is 11.8 Å². The first-order valence-corrected chi connectivity index (χ1v) is 8.08. The Bertz CT molecular complexity index is 1110. The maximum atomic E-state index is 12.1. The van der Waals surface area contributed by atoms with Crippen molar-refractivity contribution in [2.24, 2.45) is 0 Å². The van der Waals surface area contributed by atoms with Crippen molar-refractivity contribution >= 4 is 11.9 Å². The molecule has 0 unspecified atom stereocenters. The second-order valence-electron chi connectivity index (χ2n) is 5.56. The van der Waals surface area contributed by atoms with E-state index in [0.29, 0.717) is 28.3 Å². The normalized spacial score (nSPS) is 10.0. The Morgan fingerprint density at radius 2 is 1.50 bits per heavy atom. The number of nitrogens with zero attached hydrogens (tertiary/aromatic N) is 4. The molecule has 28 heavy (non-hydrogen) atoms. The first-order valence-electron chi connectivity index (χ1n) is 8.08. The average Bonchev–Trinajstić information content (AvgIpc) is 2.77. The van der Waals surface area contributed by atoms with E-state index in [-0.39, 0.29) is 11.3 Å². The van der Waals surface area contributed by atoms with E-state index in [4.69, 9.17) is 14.7 Å². The van der Waals surface area contributed by atoms with Crippen molar-refractivity contribution in [1.29, 1.82) is 5.26 Å². The van der Waals surface area contributed by atoms with Gasteiger partial charge in [0, 0.05) is 6.20 Å². The smallest absolute Gasteiger partial charge is 0.338 e. The Kier molecular flexibility index (Phi) is 5.37. The minimum atomic E-state index is -0.564. The van der Waals surface area contributed by atoms with Crippen molar-refractivity contribution in [3.8, 4) is 28.8 Å². The van der Waals surface area contributed by atoms with Gasteiger partial charge in [0.25, 0.3) is 0 Å². The molecule has 0 aromatic carbocycles. The molecule has 0 aliphatic carbocycles. The van der Waals surface area contributed by atoms with Crippen LogP contribution in [0.2, 0.25) is 0 Å². The summed E-state index contributed by atoms with van der Waals surface area (Å²) in [5.74, 6) is -1.08. The van der Waals surface area contributed by atoms with Crippen molar-refractivity contribution in [2.75, 3.05) is 14.2 Å². The summed E-state index contributed by atoms with van der Waals surface area (Å²) in [5, 5.41) is 9.07. The molecule has 0 saturated carbocycles. The number of methoxy groups -OCH3 is 2. The maximum Gasteiger partial charge on any atom is 0.338 e. The number of pyridine rings is 3. The Labute approximate surface area is 160 Å². The zero-order chi connectivity index (χ0) is 20.1. The number of hydrogen-bond acceptors (Lipinski definition) is 8. The number of esters is 2. The molecule has 0 saturated heterocycles. The Balaban J connectivity index is 2.17. The Morgan fingerprint density at radius 3 is 2.18 bits per heavy atom. The van der Waals surface area contributed by atoms with E-state index in [9.17, 15) is 9.59 Å².